The zero-order chi connectivity index (χ0) is 30.6. The summed E-state index contributed by atoms with van der Waals surface area (Å²) in [5, 5.41) is 20.6. The number of hydrogen-bond donors (Lipinski definition) is 3. The molecule has 0 spiro atoms. The molecule has 228 valence electrons. The molecule has 1 rings (SSSR count). The Morgan fingerprint density at radius 1 is 0.950 bits per heavy atom. The molecule has 0 aliphatic carbocycles. The predicted molar refractivity (Wildman–Crippen MR) is 143 cm³/mol. The van der Waals surface area contributed by atoms with Gasteiger partial charge in [0.2, 0.25) is 0 Å². The third-order valence-corrected chi connectivity index (χ3v) is 9.04. The smallest absolute Gasteiger partial charge is 0.407 e. The molecule has 0 saturated heterocycles. The average Bonchev–Trinajstić information content (AvgIpc) is 2.92. The lowest BCUT2D eigenvalue weighted by atomic mass is 9.79. The van der Waals surface area contributed by atoms with Gasteiger partial charge in [-0.1, -0.05) is 19.1 Å². The van der Waals surface area contributed by atoms with Crippen LogP contribution in [0.15, 0.2) is 24.3 Å². The number of aliphatic hydroxyl groups is 1. The van der Waals surface area contributed by atoms with Crippen LogP contribution in [0, 0.1) is 5.41 Å². The molecule has 3 N–H and O–H groups in total. The molecule has 1 amide bonds. The van der Waals surface area contributed by atoms with Gasteiger partial charge in [0.05, 0.1) is 31.4 Å². The van der Waals surface area contributed by atoms with E-state index in [9.17, 15) is 27.9 Å². The summed E-state index contributed by atoms with van der Waals surface area (Å²) in [7, 11) is -3.07. The van der Waals surface area contributed by atoms with E-state index in [4.69, 9.17) is 24.2 Å². The highest BCUT2D eigenvalue weighted by Crippen LogP contribution is 2.38. The van der Waals surface area contributed by atoms with Gasteiger partial charge in [0, 0.05) is 0 Å². The quantitative estimate of drug-likeness (QED) is 0.0790. The summed E-state index contributed by atoms with van der Waals surface area (Å²) in [5.41, 5.74) is -1.45. The van der Waals surface area contributed by atoms with Crippen LogP contribution in [0.3, 0.4) is 0 Å². The predicted octanol–water partition coefficient (Wildman–Crippen LogP) is 2.20. The number of carbonyl (C=O) groups is 3. The maximum Gasteiger partial charge on any atom is 0.407 e. The van der Waals surface area contributed by atoms with Crippen LogP contribution >= 0.6 is 0 Å². The van der Waals surface area contributed by atoms with Gasteiger partial charge in [-0.15, -0.1) is 0 Å². The van der Waals surface area contributed by atoms with Crippen molar-refractivity contribution in [3.05, 3.63) is 29.8 Å². The van der Waals surface area contributed by atoms with E-state index in [2.05, 4.69) is 10.2 Å². The Morgan fingerprint density at radius 3 is 2.10 bits per heavy atom. The number of carbonyl (C=O) groups excluding carboxylic acids is 3. The zero-order valence-electron chi connectivity index (χ0n) is 23.9. The molecular formula is C26H41NO12S. The Kier molecular flexibility index (Phi) is 13.3. The first-order chi connectivity index (χ1) is 18.6. The van der Waals surface area contributed by atoms with E-state index in [0.717, 1.165) is 12.5 Å². The van der Waals surface area contributed by atoms with Crippen molar-refractivity contribution in [2.75, 3.05) is 45.8 Å². The highest BCUT2D eigenvalue weighted by Gasteiger charge is 2.53. The highest BCUT2D eigenvalue weighted by atomic mass is 32.2. The average molecular weight is 592 g/mol. The third-order valence-electron chi connectivity index (χ3n) is 6.63. The summed E-state index contributed by atoms with van der Waals surface area (Å²) in [6.07, 6.45) is -1.04. The minimum absolute atomic E-state index is 0.0547. The molecular weight excluding hydrogens is 550 g/mol. The minimum atomic E-state index is -4.23. The van der Waals surface area contributed by atoms with Crippen LogP contribution in [0.25, 0.3) is 0 Å². The van der Waals surface area contributed by atoms with Crippen LogP contribution in [-0.2, 0) is 44.1 Å². The third kappa shape index (κ3) is 9.32. The molecule has 2 unspecified atom stereocenters. The minimum Gasteiger partial charge on any atom is -0.490 e. The van der Waals surface area contributed by atoms with E-state index in [1.807, 2.05) is 0 Å². The number of benzene rings is 1. The highest BCUT2D eigenvalue weighted by molar-refractivity contribution is 7.93. The number of rotatable bonds is 17. The molecule has 2 atom stereocenters. The largest absolute Gasteiger partial charge is 0.490 e. The first-order valence-electron chi connectivity index (χ1n) is 12.7. The van der Waals surface area contributed by atoms with Crippen molar-refractivity contribution in [1.82, 2.24) is 5.32 Å². The molecule has 0 saturated carbocycles. The van der Waals surface area contributed by atoms with Crippen molar-refractivity contribution in [1.29, 1.82) is 0 Å². The van der Waals surface area contributed by atoms with Crippen LogP contribution in [0.2, 0.25) is 0 Å². The Labute approximate surface area is 234 Å². The number of aliphatic hydroxyl groups excluding tert-OH is 1. The van der Waals surface area contributed by atoms with Gasteiger partial charge < -0.3 is 29.4 Å². The first kappa shape index (κ1) is 35.1. The molecule has 13 nitrogen and oxygen atoms in total. The lowest BCUT2D eigenvalue weighted by Crippen LogP contribution is -2.51. The van der Waals surface area contributed by atoms with Crippen LogP contribution in [-0.4, -0.2) is 87.4 Å². The van der Waals surface area contributed by atoms with Crippen LogP contribution in [0.4, 0.5) is 4.79 Å². The van der Waals surface area contributed by atoms with Gasteiger partial charge in [-0.05, 0) is 58.2 Å². The van der Waals surface area contributed by atoms with Crippen molar-refractivity contribution in [3.8, 4) is 5.75 Å². The summed E-state index contributed by atoms with van der Waals surface area (Å²) < 4.78 is 44.2. The molecule has 14 heteroatoms. The van der Waals surface area contributed by atoms with Crippen molar-refractivity contribution in [2.45, 2.75) is 57.8 Å². The van der Waals surface area contributed by atoms with Crippen LogP contribution in [0.5, 0.6) is 5.75 Å². The topological polar surface area (TPSA) is 184 Å². The lowest BCUT2D eigenvalue weighted by molar-refractivity contribution is -0.318. The summed E-state index contributed by atoms with van der Waals surface area (Å²) in [5.74, 6) is -1.99. The van der Waals surface area contributed by atoms with Gasteiger partial charge in [0.25, 0.3) is 0 Å². The normalized spacial score (nSPS) is 14.8. The summed E-state index contributed by atoms with van der Waals surface area (Å²) in [6.45, 7) is 6.40. The summed E-state index contributed by atoms with van der Waals surface area (Å²) >= 11 is 0. The van der Waals surface area contributed by atoms with Crippen molar-refractivity contribution in [3.63, 3.8) is 0 Å². The van der Waals surface area contributed by atoms with Crippen molar-refractivity contribution >= 4 is 27.9 Å². The van der Waals surface area contributed by atoms with E-state index in [1.54, 1.807) is 45.0 Å². The zero-order valence-corrected chi connectivity index (χ0v) is 24.7. The second kappa shape index (κ2) is 15.2. The van der Waals surface area contributed by atoms with E-state index >= 15 is 0 Å². The van der Waals surface area contributed by atoms with Crippen LogP contribution < -0.4 is 10.1 Å². The second-order valence-electron chi connectivity index (χ2n) is 10.0. The fraction of sp³-hybridized carbons (Fsp3) is 0.654. The molecule has 0 aromatic heterocycles. The molecule has 1 aromatic carbocycles. The number of methoxy groups -OCH3 is 1. The number of sulfone groups is 1. The molecule has 1 aromatic rings. The second-order valence-corrected chi connectivity index (χ2v) is 12.6. The number of ether oxygens (including phenoxy) is 4. The molecule has 40 heavy (non-hydrogen) atoms. The molecule has 0 aliphatic heterocycles. The Bertz CT molecular complexity index is 1090. The number of hydrogen-bond acceptors (Lipinski definition) is 12. The summed E-state index contributed by atoms with van der Waals surface area (Å²) in [6, 6.07) is 6.79. The number of nitrogens with one attached hydrogen (secondary N) is 1. The van der Waals surface area contributed by atoms with Gasteiger partial charge >= 0.3 is 18.0 Å². The van der Waals surface area contributed by atoms with Gasteiger partial charge in [0.1, 0.15) is 31.2 Å². The number of alkyl carbamates (subject to hydrolysis) is 1. The number of esters is 2. The monoisotopic (exact) mass is 591 g/mol. The first-order valence-corrected chi connectivity index (χ1v) is 14.3. The van der Waals surface area contributed by atoms with Crippen LogP contribution in [0.1, 0.15) is 53.0 Å². The Balaban J connectivity index is 2.60. The summed E-state index contributed by atoms with van der Waals surface area (Å²) in [4.78, 5) is 41.6. The number of amides is 1. The van der Waals surface area contributed by atoms with Crippen molar-refractivity contribution in [2.24, 2.45) is 5.41 Å². The lowest BCUT2D eigenvalue weighted by Gasteiger charge is -2.35. The van der Waals surface area contributed by atoms with E-state index in [-0.39, 0.29) is 32.8 Å². The van der Waals surface area contributed by atoms with Gasteiger partial charge in [0.15, 0.2) is 14.6 Å². The maximum atomic E-state index is 13.0. The molecule has 0 fully saturated rings. The van der Waals surface area contributed by atoms with E-state index < -0.39 is 62.4 Å². The maximum absolute atomic E-state index is 13.0. The standard InChI is InChI=1S/C26H41NO12S/c1-7-25(4,21(29)35-6)18-26(5,40(33,34)17-13-28)22(30)37-14-12-27-23(31)38-16-15-36-20-10-8-19(9-11-20)24(2,3)39-32/h8-11,28,32H,7,12-18H2,1-6H3,(H,27,31). The molecule has 0 aliphatic rings. The fourth-order valence-corrected chi connectivity index (χ4v) is 5.33. The van der Waals surface area contributed by atoms with E-state index in [0.29, 0.717) is 5.75 Å². The molecule has 0 bridgehead atoms. The van der Waals surface area contributed by atoms with Gasteiger partial charge in [-0.2, -0.15) is 0 Å². The Morgan fingerprint density at radius 2 is 1.57 bits per heavy atom. The molecule has 0 radical (unpaired) electrons. The van der Waals surface area contributed by atoms with Gasteiger partial charge in [-0.25, -0.2) is 18.1 Å². The van der Waals surface area contributed by atoms with Crippen molar-refractivity contribution < 1.29 is 57.0 Å². The van der Waals surface area contributed by atoms with Gasteiger partial charge in [-0.3, -0.25) is 14.8 Å². The van der Waals surface area contributed by atoms with E-state index in [1.165, 1.54) is 14.0 Å². The Hall–Kier alpha value is -2.94. The SMILES string of the molecule is CCC(C)(CC(C)(C(=O)OCCNC(=O)OCCOc1ccc(C(C)(C)OO)cc1)S(=O)(=O)CCO)C(=O)OC. The molecule has 0 heterocycles. The fourth-order valence-electron chi connectivity index (χ4n) is 3.79.